The van der Waals surface area contributed by atoms with Crippen LogP contribution in [0.5, 0.6) is 0 Å². The molecular formula is C11H12O4S2. The molecule has 0 aromatic heterocycles. The van der Waals surface area contributed by atoms with Crippen molar-refractivity contribution in [3.05, 3.63) is 35.9 Å². The fraction of sp³-hybridized carbons (Fsp3) is 0.273. The van der Waals surface area contributed by atoms with Crippen LogP contribution in [-0.4, -0.2) is 27.5 Å². The van der Waals surface area contributed by atoms with Crippen molar-refractivity contribution in [3.63, 3.8) is 0 Å². The van der Waals surface area contributed by atoms with E-state index < -0.39 is 22.4 Å². The molecule has 0 saturated heterocycles. The van der Waals surface area contributed by atoms with Crippen LogP contribution in [0.4, 0.5) is 0 Å². The zero-order valence-electron chi connectivity index (χ0n) is 8.81. The average Bonchev–Trinajstić information content (AvgIpc) is 2.35. The van der Waals surface area contributed by atoms with Crippen LogP contribution in [0.3, 0.4) is 0 Å². The third kappa shape index (κ3) is 4.32. The van der Waals surface area contributed by atoms with Crippen molar-refractivity contribution in [2.45, 2.75) is 17.1 Å². The molecule has 0 bridgehead atoms. The summed E-state index contributed by atoms with van der Waals surface area (Å²) in [5, 5.41) is 6.39. The Hall–Kier alpha value is -1.14. The van der Waals surface area contributed by atoms with E-state index in [1.54, 1.807) is 12.1 Å². The van der Waals surface area contributed by atoms with E-state index in [0.29, 0.717) is 0 Å². The maximum absolute atomic E-state index is 11.5. The molecule has 1 rings (SSSR count). The number of hydrogen-bond acceptors (Lipinski definition) is 5. The van der Waals surface area contributed by atoms with Crippen molar-refractivity contribution in [2.24, 2.45) is 0 Å². The molecule has 2 atom stereocenters. The maximum Gasteiger partial charge on any atom is 0.320 e. The minimum atomic E-state index is -1.20. The summed E-state index contributed by atoms with van der Waals surface area (Å²) in [5.41, 5.74) is 0.826. The summed E-state index contributed by atoms with van der Waals surface area (Å²) in [6.07, 6.45) is 0. The largest absolute Gasteiger partial charge is 0.480 e. The van der Waals surface area contributed by atoms with E-state index in [0.717, 1.165) is 5.56 Å². The van der Waals surface area contributed by atoms with Gasteiger partial charge in [-0.2, -0.15) is 25.3 Å². The standard InChI is InChI=1S/C11H12O4S2/c12-10(13)8(16)9(17)11(14)15-6-7-4-2-1-3-5-7/h1-5,8-9,16-17H,6H2,(H,12,13)/t8-,9+/m1/s1. The number of aliphatic carboxylic acids is 1. The van der Waals surface area contributed by atoms with Crippen molar-refractivity contribution in [3.8, 4) is 0 Å². The molecule has 1 aromatic carbocycles. The number of carbonyl (C=O) groups is 2. The highest BCUT2D eigenvalue weighted by molar-refractivity contribution is 7.86. The maximum atomic E-state index is 11.5. The Morgan fingerprint density at radius 2 is 1.76 bits per heavy atom. The van der Waals surface area contributed by atoms with Crippen molar-refractivity contribution < 1.29 is 19.4 Å². The first-order valence-electron chi connectivity index (χ1n) is 4.82. The van der Waals surface area contributed by atoms with E-state index >= 15 is 0 Å². The van der Waals surface area contributed by atoms with Crippen LogP contribution in [0.15, 0.2) is 30.3 Å². The SMILES string of the molecule is O=C(OCc1ccccc1)[C@@H](S)[C@@H](S)C(=O)O. The third-order valence-electron chi connectivity index (χ3n) is 2.02. The molecule has 0 fully saturated rings. The van der Waals surface area contributed by atoms with Gasteiger partial charge < -0.3 is 9.84 Å². The number of esters is 1. The van der Waals surface area contributed by atoms with Gasteiger partial charge in [0.05, 0.1) is 0 Å². The number of carbonyl (C=O) groups excluding carboxylic acids is 1. The van der Waals surface area contributed by atoms with Gasteiger partial charge in [0.15, 0.2) is 0 Å². The molecule has 0 saturated carbocycles. The van der Waals surface area contributed by atoms with Crippen molar-refractivity contribution in [1.29, 1.82) is 0 Å². The molecule has 0 spiro atoms. The Labute approximate surface area is 110 Å². The van der Waals surface area contributed by atoms with Crippen LogP contribution in [-0.2, 0) is 20.9 Å². The summed E-state index contributed by atoms with van der Waals surface area (Å²) in [7, 11) is 0. The van der Waals surface area contributed by atoms with Crippen molar-refractivity contribution in [1.82, 2.24) is 0 Å². The van der Waals surface area contributed by atoms with E-state index in [1.165, 1.54) is 0 Å². The van der Waals surface area contributed by atoms with Gasteiger partial charge in [-0.15, -0.1) is 0 Å². The van der Waals surface area contributed by atoms with Crippen LogP contribution in [0.25, 0.3) is 0 Å². The first kappa shape index (κ1) is 13.9. The molecule has 6 heteroatoms. The number of carboxylic acids is 1. The summed E-state index contributed by atoms with van der Waals surface area (Å²) < 4.78 is 4.93. The Balaban J connectivity index is 2.47. The molecule has 0 aliphatic carbocycles. The first-order chi connectivity index (χ1) is 8.02. The zero-order valence-corrected chi connectivity index (χ0v) is 10.6. The fourth-order valence-electron chi connectivity index (χ4n) is 1.08. The highest BCUT2D eigenvalue weighted by Gasteiger charge is 2.28. The topological polar surface area (TPSA) is 63.6 Å². The van der Waals surface area contributed by atoms with Gasteiger partial charge in [-0.05, 0) is 5.56 Å². The zero-order chi connectivity index (χ0) is 12.8. The fourth-order valence-corrected chi connectivity index (χ4v) is 1.40. The van der Waals surface area contributed by atoms with Crippen molar-refractivity contribution >= 4 is 37.2 Å². The molecular weight excluding hydrogens is 260 g/mol. The van der Waals surface area contributed by atoms with Gasteiger partial charge in [-0.1, -0.05) is 30.3 Å². The first-order valence-corrected chi connectivity index (χ1v) is 5.85. The van der Waals surface area contributed by atoms with E-state index in [1.807, 2.05) is 18.2 Å². The summed E-state index contributed by atoms with van der Waals surface area (Å²) in [6, 6.07) is 9.09. The highest BCUT2D eigenvalue weighted by Crippen LogP contribution is 2.12. The number of thiol groups is 2. The lowest BCUT2D eigenvalue weighted by molar-refractivity contribution is -0.147. The monoisotopic (exact) mass is 272 g/mol. The van der Waals surface area contributed by atoms with Gasteiger partial charge >= 0.3 is 11.9 Å². The number of hydrogen-bond donors (Lipinski definition) is 3. The van der Waals surface area contributed by atoms with Crippen molar-refractivity contribution in [2.75, 3.05) is 0 Å². The predicted octanol–water partition coefficient (Wildman–Crippen LogP) is 1.41. The van der Waals surface area contributed by atoms with Gasteiger partial charge in [-0.3, -0.25) is 9.59 Å². The molecule has 0 unspecified atom stereocenters. The van der Waals surface area contributed by atoms with Gasteiger partial charge in [0.25, 0.3) is 0 Å². The minimum Gasteiger partial charge on any atom is -0.480 e. The second-order valence-electron chi connectivity index (χ2n) is 3.32. The Kier molecular flexibility index (Phi) is 5.37. The highest BCUT2D eigenvalue weighted by atomic mass is 32.1. The van der Waals surface area contributed by atoms with Gasteiger partial charge in [0.1, 0.15) is 17.1 Å². The number of benzene rings is 1. The number of carboxylic acid groups (broad SMARTS) is 1. The minimum absolute atomic E-state index is 0.0941. The van der Waals surface area contributed by atoms with Crippen LogP contribution >= 0.6 is 25.3 Å². The van der Waals surface area contributed by atoms with Crippen LogP contribution in [0.2, 0.25) is 0 Å². The molecule has 17 heavy (non-hydrogen) atoms. The molecule has 1 N–H and O–H groups in total. The Bertz CT molecular complexity index is 394. The third-order valence-corrected chi connectivity index (χ3v) is 3.28. The summed E-state index contributed by atoms with van der Waals surface area (Å²) in [5.74, 6) is -1.90. The predicted molar refractivity (Wildman–Crippen MR) is 69.4 cm³/mol. The molecule has 0 aliphatic heterocycles. The normalized spacial score (nSPS) is 13.8. The van der Waals surface area contributed by atoms with E-state index in [2.05, 4.69) is 25.3 Å². The second-order valence-corrected chi connectivity index (χ2v) is 4.43. The van der Waals surface area contributed by atoms with Gasteiger partial charge in [-0.25, -0.2) is 0 Å². The number of ether oxygens (including phenoxy) is 1. The second kappa shape index (κ2) is 6.56. The number of rotatable bonds is 5. The molecule has 0 radical (unpaired) electrons. The average molecular weight is 272 g/mol. The molecule has 0 aliphatic rings. The summed E-state index contributed by atoms with van der Waals surface area (Å²) in [6.45, 7) is 0.0941. The lowest BCUT2D eigenvalue weighted by Gasteiger charge is -2.13. The molecule has 0 heterocycles. The lowest BCUT2D eigenvalue weighted by atomic mass is 10.2. The molecule has 0 amide bonds. The molecule has 1 aromatic rings. The molecule has 4 nitrogen and oxygen atoms in total. The summed E-state index contributed by atoms with van der Waals surface area (Å²) in [4.78, 5) is 22.0. The van der Waals surface area contributed by atoms with Gasteiger partial charge in [0, 0.05) is 0 Å². The smallest absolute Gasteiger partial charge is 0.320 e. The quantitative estimate of drug-likeness (QED) is 0.560. The van der Waals surface area contributed by atoms with E-state index in [-0.39, 0.29) is 6.61 Å². The Morgan fingerprint density at radius 3 is 2.29 bits per heavy atom. The van der Waals surface area contributed by atoms with Crippen LogP contribution in [0, 0.1) is 0 Å². The van der Waals surface area contributed by atoms with E-state index in [4.69, 9.17) is 9.84 Å². The molecule has 92 valence electrons. The Morgan fingerprint density at radius 1 is 1.18 bits per heavy atom. The summed E-state index contributed by atoms with van der Waals surface area (Å²) >= 11 is 7.64. The van der Waals surface area contributed by atoms with Gasteiger partial charge in [0.2, 0.25) is 0 Å². The van der Waals surface area contributed by atoms with E-state index in [9.17, 15) is 9.59 Å². The van der Waals surface area contributed by atoms with Crippen LogP contribution in [0.1, 0.15) is 5.56 Å². The van der Waals surface area contributed by atoms with Crippen LogP contribution < -0.4 is 0 Å². The lowest BCUT2D eigenvalue weighted by Crippen LogP contribution is -2.33.